The van der Waals surface area contributed by atoms with Gasteiger partial charge in [-0.3, -0.25) is 4.90 Å². The summed E-state index contributed by atoms with van der Waals surface area (Å²) in [6, 6.07) is 10.9. The fourth-order valence-electron chi connectivity index (χ4n) is 3.25. The van der Waals surface area contributed by atoms with Gasteiger partial charge in [0.1, 0.15) is 0 Å². The summed E-state index contributed by atoms with van der Waals surface area (Å²) in [6.45, 7) is 6.05. The molecular weight excluding hydrogens is 236 g/mol. The van der Waals surface area contributed by atoms with Gasteiger partial charge in [-0.25, -0.2) is 0 Å². The molecule has 1 aromatic carbocycles. The van der Waals surface area contributed by atoms with E-state index in [2.05, 4.69) is 42.2 Å². The van der Waals surface area contributed by atoms with Crippen LogP contribution in [0.25, 0.3) is 0 Å². The molecule has 0 radical (unpaired) electrons. The molecule has 2 fully saturated rings. The Morgan fingerprint density at radius 2 is 2.11 bits per heavy atom. The number of hydrogen-bond acceptors (Lipinski definition) is 3. The highest BCUT2D eigenvalue weighted by atomic mass is 16.5. The van der Waals surface area contributed by atoms with Crippen molar-refractivity contribution in [3.63, 3.8) is 0 Å². The van der Waals surface area contributed by atoms with Crippen LogP contribution in [0.5, 0.6) is 0 Å². The molecule has 2 atom stereocenters. The van der Waals surface area contributed by atoms with Crippen molar-refractivity contribution in [2.75, 3.05) is 19.7 Å². The molecule has 1 heterocycles. The maximum absolute atomic E-state index is 6.16. The maximum Gasteiger partial charge on any atom is 0.0773 e. The molecule has 2 unspecified atom stereocenters. The predicted octanol–water partition coefficient (Wildman–Crippen LogP) is 2.01. The van der Waals surface area contributed by atoms with Gasteiger partial charge < -0.3 is 10.5 Å². The molecule has 1 aromatic rings. The number of benzene rings is 1. The third kappa shape index (κ3) is 2.69. The van der Waals surface area contributed by atoms with Gasteiger partial charge in [0.2, 0.25) is 0 Å². The molecule has 0 spiro atoms. The van der Waals surface area contributed by atoms with Crippen LogP contribution in [0, 0.1) is 5.41 Å². The van der Waals surface area contributed by atoms with Crippen LogP contribution in [0.1, 0.15) is 25.3 Å². The second kappa shape index (κ2) is 5.23. The minimum Gasteiger partial charge on any atom is -0.375 e. The van der Waals surface area contributed by atoms with E-state index in [9.17, 15) is 0 Å². The normalized spacial score (nSPS) is 28.0. The summed E-state index contributed by atoms with van der Waals surface area (Å²) in [4.78, 5) is 2.51. The molecule has 1 saturated carbocycles. The molecule has 19 heavy (non-hydrogen) atoms. The van der Waals surface area contributed by atoms with Crippen molar-refractivity contribution >= 4 is 0 Å². The van der Waals surface area contributed by atoms with Crippen molar-refractivity contribution < 1.29 is 4.74 Å². The van der Waals surface area contributed by atoms with E-state index in [4.69, 9.17) is 10.5 Å². The van der Waals surface area contributed by atoms with Crippen molar-refractivity contribution in [2.24, 2.45) is 11.1 Å². The van der Waals surface area contributed by atoms with Gasteiger partial charge in [-0.1, -0.05) is 30.3 Å². The topological polar surface area (TPSA) is 38.5 Å². The third-order valence-electron chi connectivity index (χ3n) is 4.78. The number of morpholine rings is 1. The first-order valence-corrected chi connectivity index (χ1v) is 7.34. The van der Waals surface area contributed by atoms with Crippen LogP contribution in [0.15, 0.2) is 30.3 Å². The van der Waals surface area contributed by atoms with Gasteiger partial charge in [-0.15, -0.1) is 0 Å². The average Bonchev–Trinajstić information content (AvgIpc) is 3.22. The summed E-state index contributed by atoms with van der Waals surface area (Å²) in [5, 5.41) is 0. The lowest BCUT2D eigenvalue weighted by Gasteiger charge is -2.39. The SMILES string of the molecule is CC(N)C1(C2CN(Cc3ccccc3)CCO2)CC1. The van der Waals surface area contributed by atoms with E-state index in [1.54, 1.807) is 0 Å². The minimum absolute atomic E-state index is 0.245. The molecule has 104 valence electrons. The first-order valence-electron chi connectivity index (χ1n) is 7.34. The lowest BCUT2D eigenvalue weighted by molar-refractivity contribution is -0.0725. The summed E-state index contributed by atoms with van der Waals surface area (Å²) in [5.41, 5.74) is 7.81. The van der Waals surface area contributed by atoms with Crippen LogP contribution in [-0.4, -0.2) is 36.7 Å². The van der Waals surface area contributed by atoms with Crippen molar-refractivity contribution in [1.29, 1.82) is 0 Å². The summed E-state index contributed by atoms with van der Waals surface area (Å²) in [7, 11) is 0. The van der Waals surface area contributed by atoms with E-state index in [1.807, 2.05) is 0 Å². The number of ether oxygens (including phenoxy) is 1. The number of rotatable bonds is 4. The van der Waals surface area contributed by atoms with E-state index in [0.717, 1.165) is 26.2 Å². The van der Waals surface area contributed by atoms with Crippen molar-refractivity contribution in [3.05, 3.63) is 35.9 Å². The fraction of sp³-hybridized carbons (Fsp3) is 0.625. The second-order valence-corrected chi connectivity index (χ2v) is 6.10. The maximum atomic E-state index is 6.16. The Morgan fingerprint density at radius 1 is 1.37 bits per heavy atom. The first-order chi connectivity index (χ1) is 9.21. The molecule has 0 bridgehead atoms. The van der Waals surface area contributed by atoms with E-state index in [0.29, 0.717) is 6.10 Å². The quantitative estimate of drug-likeness (QED) is 0.900. The molecule has 2 N–H and O–H groups in total. The van der Waals surface area contributed by atoms with Crippen molar-refractivity contribution in [3.8, 4) is 0 Å². The standard InChI is InChI=1S/C16H24N2O/c1-13(17)16(7-8-16)15-12-18(9-10-19-15)11-14-5-3-2-4-6-14/h2-6,13,15H,7-12,17H2,1H3. The molecule has 1 aliphatic heterocycles. The van der Waals surface area contributed by atoms with Gasteiger partial charge in [-0.05, 0) is 25.3 Å². The Kier molecular flexibility index (Phi) is 3.61. The molecule has 3 nitrogen and oxygen atoms in total. The Bertz CT molecular complexity index is 414. The van der Waals surface area contributed by atoms with Crippen LogP contribution >= 0.6 is 0 Å². The Balaban J connectivity index is 1.63. The summed E-state index contributed by atoms with van der Waals surface area (Å²) < 4.78 is 6.01. The van der Waals surface area contributed by atoms with Gasteiger partial charge in [0.25, 0.3) is 0 Å². The zero-order valence-electron chi connectivity index (χ0n) is 11.7. The predicted molar refractivity (Wildman–Crippen MR) is 76.8 cm³/mol. The van der Waals surface area contributed by atoms with Crippen LogP contribution in [0.2, 0.25) is 0 Å². The molecule has 3 rings (SSSR count). The van der Waals surface area contributed by atoms with Crippen LogP contribution in [0.4, 0.5) is 0 Å². The average molecular weight is 260 g/mol. The van der Waals surface area contributed by atoms with Crippen molar-refractivity contribution in [2.45, 2.75) is 38.5 Å². The minimum atomic E-state index is 0.245. The Labute approximate surface area is 115 Å². The zero-order valence-corrected chi connectivity index (χ0v) is 11.7. The van der Waals surface area contributed by atoms with E-state index >= 15 is 0 Å². The van der Waals surface area contributed by atoms with Crippen molar-refractivity contribution in [1.82, 2.24) is 4.90 Å². The Hall–Kier alpha value is -0.900. The molecular formula is C16H24N2O. The molecule has 3 heteroatoms. The summed E-state index contributed by atoms with van der Waals surface area (Å²) in [5.74, 6) is 0. The monoisotopic (exact) mass is 260 g/mol. The largest absolute Gasteiger partial charge is 0.375 e. The second-order valence-electron chi connectivity index (χ2n) is 6.10. The highest BCUT2D eigenvalue weighted by Crippen LogP contribution is 2.52. The van der Waals surface area contributed by atoms with Gasteiger partial charge >= 0.3 is 0 Å². The van der Waals surface area contributed by atoms with Gasteiger partial charge in [0.15, 0.2) is 0 Å². The summed E-state index contributed by atoms with van der Waals surface area (Å²) in [6.07, 6.45) is 2.79. The van der Waals surface area contributed by atoms with E-state index in [1.165, 1.54) is 18.4 Å². The van der Waals surface area contributed by atoms with Crippen LogP contribution < -0.4 is 5.73 Å². The lowest BCUT2D eigenvalue weighted by atomic mass is 9.90. The van der Waals surface area contributed by atoms with Crippen LogP contribution in [-0.2, 0) is 11.3 Å². The number of nitrogens with zero attached hydrogens (tertiary/aromatic N) is 1. The van der Waals surface area contributed by atoms with E-state index < -0.39 is 0 Å². The van der Waals surface area contributed by atoms with Gasteiger partial charge in [0.05, 0.1) is 12.7 Å². The third-order valence-corrected chi connectivity index (χ3v) is 4.78. The highest BCUT2D eigenvalue weighted by Gasteiger charge is 2.53. The van der Waals surface area contributed by atoms with Crippen LogP contribution in [0.3, 0.4) is 0 Å². The summed E-state index contributed by atoms with van der Waals surface area (Å²) >= 11 is 0. The van der Waals surface area contributed by atoms with Gasteiger partial charge in [-0.2, -0.15) is 0 Å². The molecule has 0 aromatic heterocycles. The zero-order chi connectivity index (χ0) is 13.3. The number of hydrogen-bond donors (Lipinski definition) is 1. The highest BCUT2D eigenvalue weighted by molar-refractivity contribution is 5.15. The smallest absolute Gasteiger partial charge is 0.0773 e. The van der Waals surface area contributed by atoms with E-state index in [-0.39, 0.29) is 11.5 Å². The first kappa shape index (κ1) is 13.1. The molecule has 1 aliphatic carbocycles. The molecule has 1 saturated heterocycles. The molecule has 2 aliphatic rings. The molecule has 0 amide bonds. The lowest BCUT2D eigenvalue weighted by Crippen LogP contribution is -2.50. The van der Waals surface area contributed by atoms with Gasteiger partial charge in [0, 0.05) is 31.1 Å². The fourth-order valence-corrected chi connectivity index (χ4v) is 3.25. The Morgan fingerprint density at radius 3 is 2.74 bits per heavy atom. The number of nitrogens with two attached hydrogens (primary N) is 1.